The molecule has 3 aromatic rings. The molecule has 1 heterocycles. The van der Waals surface area contributed by atoms with Gasteiger partial charge in [0.2, 0.25) is 10.0 Å². The SMILES string of the molecule is CCCc1ccccc1.O=S(=O)(NCc1ccc(CO)cn1)c1ccc(Cl)cc1. The highest BCUT2D eigenvalue weighted by Gasteiger charge is 2.13. The van der Waals surface area contributed by atoms with E-state index in [4.69, 9.17) is 16.7 Å². The maximum Gasteiger partial charge on any atom is 0.240 e. The number of nitrogens with zero attached hydrogens (tertiary/aromatic N) is 1. The first kappa shape index (κ1) is 23.0. The van der Waals surface area contributed by atoms with Crippen LogP contribution in [0.5, 0.6) is 0 Å². The Morgan fingerprint density at radius 3 is 2.21 bits per heavy atom. The molecule has 0 fully saturated rings. The van der Waals surface area contributed by atoms with Gasteiger partial charge >= 0.3 is 0 Å². The van der Waals surface area contributed by atoms with Crippen LogP contribution in [0.1, 0.15) is 30.2 Å². The number of sulfonamides is 1. The van der Waals surface area contributed by atoms with Gasteiger partial charge in [-0.3, -0.25) is 4.98 Å². The number of aryl methyl sites for hydroxylation is 1. The Kier molecular flexibility index (Phi) is 9.28. The van der Waals surface area contributed by atoms with E-state index in [0.29, 0.717) is 16.3 Å². The zero-order valence-corrected chi connectivity index (χ0v) is 17.8. The van der Waals surface area contributed by atoms with Crippen LogP contribution in [0, 0.1) is 0 Å². The van der Waals surface area contributed by atoms with Crippen molar-refractivity contribution in [2.75, 3.05) is 0 Å². The molecule has 0 saturated carbocycles. The lowest BCUT2D eigenvalue weighted by molar-refractivity contribution is 0.281. The van der Waals surface area contributed by atoms with Crippen molar-refractivity contribution in [2.45, 2.75) is 37.8 Å². The van der Waals surface area contributed by atoms with Crippen molar-refractivity contribution in [3.8, 4) is 0 Å². The Bertz CT molecular complexity index is 961. The fourth-order valence-electron chi connectivity index (χ4n) is 2.45. The smallest absolute Gasteiger partial charge is 0.240 e. The van der Waals surface area contributed by atoms with Crippen molar-refractivity contribution in [3.05, 3.63) is 94.8 Å². The Hall–Kier alpha value is -2.25. The van der Waals surface area contributed by atoms with Crippen LogP contribution in [0.25, 0.3) is 0 Å². The molecule has 0 aliphatic carbocycles. The summed E-state index contributed by atoms with van der Waals surface area (Å²) in [6, 6.07) is 19.8. The van der Waals surface area contributed by atoms with Gasteiger partial charge in [0.25, 0.3) is 0 Å². The molecule has 0 atom stereocenters. The lowest BCUT2D eigenvalue weighted by Gasteiger charge is -2.07. The number of benzene rings is 2. The predicted octanol–water partition coefficient (Wildman–Crippen LogP) is 4.34. The number of hydrogen-bond acceptors (Lipinski definition) is 4. The summed E-state index contributed by atoms with van der Waals surface area (Å²) in [5.74, 6) is 0. The van der Waals surface area contributed by atoms with E-state index in [1.165, 1.54) is 48.9 Å². The summed E-state index contributed by atoms with van der Waals surface area (Å²) in [5.41, 5.74) is 2.69. The number of aliphatic hydroxyl groups excluding tert-OH is 1. The molecule has 1 aromatic heterocycles. The molecule has 154 valence electrons. The second-order valence-electron chi connectivity index (χ2n) is 6.33. The van der Waals surface area contributed by atoms with Crippen LogP contribution in [-0.2, 0) is 29.6 Å². The van der Waals surface area contributed by atoms with Gasteiger partial charge in [-0.15, -0.1) is 0 Å². The number of pyridine rings is 1. The summed E-state index contributed by atoms with van der Waals surface area (Å²) in [4.78, 5) is 4.20. The molecule has 2 N–H and O–H groups in total. The summed E-state index contributed by atoms with van der Waals surface area (Å²) < 4.78 is 26.5. The highest BCUT2D eigenvalue weighted by Crippen LogP contribution is 2.14. The molecule has 0 spiro atoms. The maximum atomic E-state index is 12.0. The van der Waals surface area contributed by atoms with E-state index in [0.717, 1.165) is 0 Å². The Morgan fingerprint density at radius 1 is 0.966 bits per heavy atom. The molecular weight excluding hydrogens is 408 g/mol. The summed E-state index contributed by atoms with van der Waals surface area (Å²) >= 11 is 5.72. The summed E-state index contributed by atoms with van der Waals surface area (Å²) in [5, 5.41) is 9.37. The second kappa shape index (κ2) is 11.7. The number of nitrogens with one attached hydrogen (secondary N) is 1. The monoisotopic (exact) mass is 432 g/mol. The number of hydrogen-bond donors (Lipinski definition) is 2. The fourth-order valence-corrected chi connectivity index (χ4v) is 3.58. The van der Waals surface area contributed by atoms with Crippen LogP contribution < -0.4 is 4.72 Å². The van der Waals surface area contributed by atoms with Gasteiger partial charge in [-0.25, -0.2) is 13.1 Å². The molecular formula is C22H25ClN2O3S. The summed E-state index contributed by atoms with van der Waals surface area (Å²) in [6.07, 6.45) is 3.96. The first-order valence-corrected chi connectivity index (χ1v) is 11.1. The third-order valence-electron chi connectivity index (χ3n) is 4.02. The molecule has 2 aromatic carbocycles. The molecule has 0 aliphatic heterocycles. The van der Waals surface area contributed by atoms with Crippen molar-refractivity contribution >= 4 is 21.6 Å². The highest BCUT2D eigenvalue weighted by atomic mass is 35.5. The number of aliphatic hydroxyl groups is 1. The molecule has 0 amide bonds. The average Bonchev–Trinajstić information content (AvgIpc) is 2.74. The lowest BCUT2D eigenvalue weighted by Crippen LogP contribution is -2.23. The number of aromatic nitrogens is 1. The van der Waals surface area contributed by atoms with Crippen LogP contribution in [-0.4, -0.2) is 18.5 Å². The van der Waals surface area contributed by atoms with Crippen LogP contribution in [0.2, 0.25) is 5.02 Å². The number of halogens is 1. The van der Waals surface area contributed by atoms with Crippen LogP contribution in [0.4, 0.5) is 0 Å². The second-order valence-corrected chi connectivity index (χ2v) is 8.53. The van der Waals surface area contributed by atoms with Gasteiger partial charge in [0.05, 0.1) is 23.7 Å². The van der Waals surface area contributed by atoms with E-state index in [9.17, 15) is 8.42 Å². The Morgan fingerprint density at radius 2 is 1.66 bits per heavy atom. The number of rotatable bonds is 7. The molecule has 5 nitrogen and oxygen atoms in total. The minimum absolute atomic E-state index is 0.0800. The van der Waals surface area contributed by atoms with Crippen molar-refractivity contribution < 1.29 is 13.5 Å². The third kappa shape index (κ3) is 7.95. The van der Waals surface area contributed by atoms with Crippen molar-refractivity contribution in [1.82, 2.24) is 9.71 Å². The maximum absolute atomic E-state index is 12.0. The zero-order valence-electron chi connectivity index (χ0n) is 16.3. The molecule has 0 unspecified atom stereocenters. The highest BCUT2D eigenvalue weighted by molar-refractivity contribution is 7.89. The fraction of sp³-hybridized carbons (Fsp3) is 0.227. The van der Waals surface area contributed by atoms with Gasteiger partial charge in [-0.05, 0) is 47.9 Å². The van der Waals surface area contributed by atoms with Crippen LogP contribution in [0.15, 0.2) is 77.8 Å². The van der Waals surface area contributed by atoms with E-state index in [2.05, 4.69) is 47.0 Å². The van der Waals surface area contributed by atoms with Gasteiger partial charge < -0.3 is 5.11 Å². The van der Waals surface area contributed by atoms with Gasteiger partial charge in [-0.1, -0.05) is 61.3 Å². The normalized spacial score (nSPS) is 10.9. The predicted molar refractivity (Wildman–Crippen MR) is 116 cm³/mol. The topological polar surface area (TPSA) is 79.3 Å². The molecule has 0 aliphatic rings. The van der Waals surface area contributed by atoms with E-state index in [1.54, 1.807) is 12.1 Å². The van der Waals surface area contributed by atoms with E-state index >= 15 is 0 Å². The van der Waals surface area contributed by atoms with Gasteiger partial charge in [0.1, 0.15) is 0 Å². The van der Waals surface area contributed by atoms with E-state index in [1.807, 2.05) is 0 Å². The standard InChI is InChI=1S/C13H13ClN2O3S.C9H12/c14-11-2-5-13(6-3-11)20(18,19)16-8-12-4-1-10(9-17)7-15-12;1-2-6-9-7-4-3-5-8-9/h1-7,16-17H,8-9H2;3-5,7-8H,2,6H2,1H3. The molecule has 0 bridgehead atoms. The molecule has 29 heavy (non-hydrogen) atoms. The van der Waals surface area contributed by atoms with Crippen LogP contribution in [0.3, 0.4) is 0 Å². The summed E-state index contributed by atoms with van der Waals surface area (Å²) in [7, 11) is -3.59. The Balaban J connectivity index is 0.000000278. The van der Waals surface area contributed by atoms with Gasteiger partial charge in [0.15, 0.2) is 0 Å². The minimum Gasteiger partial charge on any atom is -0.392 e. The molecule has 3 rings (SSSR count). The average molecular weight is 433 g/mol. The third-order valence-corrected chi connectivity index (χ3v) is 5.69. The summed E-state index contributed by atoms with van der Waals surface area (Å²) in [6.45, 7) is 2.19. The van der Waals surface area contributed by atoms with Gasteiger partial charge in [-0.2, -0.15) is 0 Å². The molecule has 7 heteroatoms. The first-order valence-electron chi connectivity index (χ1n) is 9.28. The van der Waals surface area contributed by atoms with E-state index in [-0.39, 0.29) is 18.0 Å². The van der Waals surface area contributed by atoms with Crippen molar-refractivity contribution in [1.29, 1.82) is 0 Å². The van der Waals surface area contributed by atoms with Crippen molar-refractivity contribution in [2.24, 2.45) is 0 Å². The van der Waals surface area contributed by atoms with Crippen molar-refractivity contribution in [3.63, 3.8) is 0 Å². The molecule has 0 radical (unpaired) electrons. The van der Waals surface area contributed by atoms with Crippen LogP contribution >= 0.6 is 11.6 Å². The zero-order chi connectivity index (χ0) is 21.1. The van der Waals surface area contributed by atoms with E-state index < -0.39 is 10.0 Å². The Labute approximate surface area is 177 Å². The quantitative estimate of drug-likeness (QED) is 0.581. The molecule has 0 saturated heterocycles. The lowest BCUT2D eigenvalue weighted by atomic mass is 10.1. The minimum atomic E-state index is -3.59. The largest absolute Gasteiger partial charge is 0.392 e. The first-order chi connectivity index (χ1) is 13.9. The van der Waals surface area contributed by atoms with Gasteiger partial charge in [0, 0.05) is 11.2 Å².